The van der Waals surface area contributed by atoms with E-state index in [9.17, 15) is 4.79 Å². The van der Waals surface area contributed by atoms with E-state index in [1.807, 2.05) is 0 Å². The zero-order chi connectivity index (χ0) is 16.4. The Morgan fingerprint density at radius 3 is 2.91 bits per heavy atom. The molecule has 1 N–H and O–H groups in total. The molecule has 1 atom stereocenters. The molecule has 0 spiro atoms. The highest BCUT2D eigenvalue weighted by Gasteiger charge is 2.14. The average molecular weight is 309 g/mol. The van der Waals surface area contributed by atoms with Crippen LogP contribution in [0.25, 0.3) is 0 Å². The summed E-state index contributed by atoms with van der Waals surface area (Å²) in [7, 11) is 3.66. The molecule has 1 rings (SSSR count). The predicted molar refractivity (Wildman–Crippen MR) is 86.3 cm³/mol. The van der Waals surface area contributed by atoms with Crippen LogP contribution >= 0.6 is 0 Å². The first-order valence-corrected chi connectivity index (χ1v) is 7.65. The molecule has 1 aromatic rings. The number of hydrogen-bond donors (Lipinski definition) is 1. The van der Waals surface area contributed by atoms with E-state index >= 15 is 0 Å². The number of carbonyl (C=O) groups is 1. The molecule has 1 aromatic heterocycles. The monoisotopic (exact) mass is 309 g/mol. The van der Waals surface area contributed by atoms with Crippen LogP contribution in [0.2, 0.25) is 0 Å². The lowest BCUT2D eigenvalue weighted by Gasteiger charge is -2.23. The first-order chi connectivity index (χ1) is 10.6. The molecule has 0 saturated carbocycles. The van der Waals surface area contributed by atoms with Gasteiger partial charge in [0.2, 0.25) is 5.88 Å². The highest BCUT2D eigenvalue weighted by Crippen LogP contribution is 2.13. The van der Waals surface area contributed by atoms with Gasteiger partial charge in [-0.15, -0.1) is 0 Å². The molecule has 22 heavy (non-hydrogen) atoms. The molecule has 0 aliphatic carbocycles. The molecule has 6 heteroatoms. The first-order valence-electron chi connectivity index (χ1n) is 7.65. The normalized spacial score (nSPS) is 12.2. The summed E-state index contributed by atoms with van der Waals surface area (Å²) in [5.74, 6) is 0.172. The largest absolute Gasteiger partial charge is 0.475 e. The van der Waals surface area contributed by atoms with Gasteiger partial charge in [0.1, 0.15) is 12.2 Å². The predicted octanol–water partition coefficient (Wildman–Crippen LogP) is 1.57. The van der Waals surface area contributed by atoms with E-state index < -0.39 is 0 Å². The smallest absolute Gasteiger partial charge is 0.256 e. The summed E-state index contributed by atoms with van der Waals surface area (Å²) < 4.78 is 10.4. The summed E-state index contributed by atoms with van der Waals surface area (Å²) in [6.07, 6.45) is 2.69. The Morgan fingerprint density at radius 2 is 2.23 bits per heavy atom. The fraction of sp³-hybridized carbons (Fsp3) is 0.625. The summed E-state index contributed by atoms with van der Waals surface area (Å²) in [5.41, 5.74) is 0.449. The molecule has 0 radical (unpaired) electrons. The molecule has 0 bridgehead atoms. The third-order valence-electron chi connectivity index (χ3n) is 3.64. The molecule has 1 heterocycles. The number of carbonyl (C=O) groups excluding carboxylic acids is 1. The van der Waals surface area contributed by atoms with E-state index in [1.54, 1.807) is 25.4 Å². The molecule has 6 nitrogen and oxygen atoms in total. The first kappa shape index (κ1) is 18.4. The third kappa shape index (κ3) is 5.99. The Balaban J connectivity index is 2.51. The molecule has 0 saturated heterocycles. The highest BCUT2D eigenvalue weighted by atomic mass is 16.5. The summed E-state index contributed by atoms with van der Waals surface area (Å²) in [5, 5.41) is 2.91. The molecule has 0 fully saturated rings. The van der Waals surface area contributed by atoms with Crippen molar-refractivity contribution in [2.75, 3.05) is 40.5 Å². The van der Waals surface area contributed by atoms with Crippen molar-refractivity contribution in [3.05, 3.63) is 23.9 Å². The standard InChI is InChI=1S/C16H27N3O3/c1-5-13(2)19(3)10-9-17-15(20)14-7-6-8-18-16(14)22-12-11-21-4/h6-8,13H,5,9-12H2,1-4H3,(H,17,20)/t13-/m1/s1. The van der Waals surface area contributed by atoms with Gasteiger partial charge in [-0.05, 0) is 32.5 Å². The number of likely N-dealkylation sites (N-methyl/N-ethyl adjacent to an activating group) is 1. The Morgan fingerprint density at radius 1 is 1.45 bits per heavy atom. The molecular weight excluding hydrogens is 282 g/mol. The minimum Gasteiger partial charge on any atom is -0.475 e. The molecule has 0 aromatic carbocycles. The van der Waals surface area contributed by atoms with Crippen molar-refractivity contribution in [3.8, 4) is 5.88 Å². The SMILES string of the molecule is CC[C@@H](C)N(C)CCNC(=O)c1cccnc1OCCOC. The zero-order valence-electron chi connectivity index (χ0n) is 14.0. The fourth-order valence-corrected chi connectivity index (χ4v) is 1.87. The quantitative estimate of drug-likeness (QED) is 0.665. The summed E-state index contributed by atoms with van der Waals surface area (Å²) in [4.78, 5) is 18.6. The number of aromatic nitrogens is 1. The Kier molecular flexibility index (Phi) is 8.47. The Bertz CT molecular complexity index is 454. The van der Waals surface area contributed by atoms with Gasteiger partial charge in [0, 0.05) is 32.4 Å². The second-order valence-electron chi connectivity index (χ2n) is 5.19. The van der Waals surface area contributed by atoms with E-state index in [0.29, 0.717) is 37.2 Å². The second-order valence-corrected chi connectivity index (χ2v) is 5.19. The van der Waals surface area contributed by atoms with E-state index in [4.69, 9.17) is 9.47 Å². The number of rotatable bonds is 10. The molecule has 124 valence electrons. The maximum atomic E-state index is 12.2. The summed E-state index contributed by atoms with van der Waals surface area (Å²) in [6, 6.07) is 3.94. The zero-order valence-corrected chi connectivity index (χ0v) is 14.0. The molecule has 0 aliphatic heterocycles. The summed E-state index contributed by atoms with van der Waals surface area (Å²) >= 11 is 0. The maximum absolute atomic E-state index is 12.2. The van der Waals surface area contributed by atoms with Crippen molar-refractivity contribution < 1.29 is 14.3 Å². The lowest BCUT2D eigenvalue weighted by Crippen LogP contribution is -2.37. The van der Waals surface area contributed by atoms with Crippen LogP contribution in [-0.4, -0.2) is 62.3 Å². The molecule has 0 aliphatic rings. The Labute approximate surface area is 132 Å². The van der Waals surface area contributed by atoms with E-state index in [1.165, 1.54) is 0 Å². The molecule has 0 unspecified atom stereocenters. The lowest BCUT2D eigenvalue weighted by molar-refractivity contribution is 0.0938. The topological polar surface area (TPSA) is 63.7 Å². The van der Waals surface area contributed by atoms with Gasteiger partial charge in [0.05, 0.1) is 6.61 Å². The lowest BCUT2D eigenvalue weighted by atomic mass is 10.2. The van der Waals surface area contributed by atoms with Crippen LogP contribution in [0.15, 0.2) is 18.3 Å². The van der Waals surface area contributed by atoms with E-state index in [0.717, 1.165) is 13.0 Å². The highest BCUT2D eigenvalue weighted by molar-refractivity contribution is 5.96. The van der Waals surface area contributed by atoms with Gasteiger partial charge >= 0.3 is 0 Å². The molecule has 1 amide bonds. The number of amides is 1. The average Bonchev–Trinajstić information content (AvgIpc) is 2.54. The maximum Gasteiger partial charge on any atom is 0.256 e. The summed E-state index contributed by atoms with van der Waals surface area (Å²) in [6.45, 7) is 6.54. The number of pyridine rings is 1. The van der Waals surface area contributed by atoms with Crippen molar-refractivity contribution in [3.63, 3.8) is 0 Å². The van der Waals surface area contributed by atoms with Crippen LogP contribution in [0.5, 0.6) is 5.88 Å². The van der Waals surface area contributed by atoms with Gasteiger partial charge in [-0.3, -0.25) is 4.79 Å². The van der Waals surface area contributed by atoms with Crippen LogP contribution in [0.1, 0.15) is 30.6 Å². The van der Waals surface area contributed by atoms with Crippen LogP contribution in [0.4, 0.5) is 0 Å². The fourth-order valence-electron chi connectivity index (χ4n) is 1.87. The van der Waals surface area contributed by atoms with Crippen molar-refractivity contribution >= 4 is 5.91 Å². The van der Waals surface area contributed by atoms with Crippen molar-refractivity contribution in [1.82, 2.24) is 15.2 Å². The minimum atomic E-state index is -0.168. The number of methoxy groups -OCH3 is 1. The third-order valence-corrected chi connectivity index (χ3v) is 3.64. The molecular formula is C16H27N3O3. The van der Waals surface area contributed by atoms with Crippen molar-refractivity contribution in [2.24, 2.45) is 0 Å². The number of ether oxygens (including phenoxy) is 2. The second kappa shape index (κ2) is 10.1. The van der Waals surface area contributed by atoms with Crippen molar-refractivity contribution in [2.45, 2.75) is 26.3 Å². The number of nitrogens with zero attached hydrogens (tertiary/aromatic N) is 2. The van der Waals surface area contributed by atoms with Crippen LogP contribution in [-0.2, 0) is 4.74 Å². The van der Waals surface area contributed by atoms with Crippen LogP contribution < -0.4 is 10.1 Å². The van der Waals surface area contributed by atoms with Gasteiger partial charge in [0.15, 0.2) is 0 Å². The van der Waals surface area contributed by atoms with Crippen molar-refractivity contribution in [1.29, 1.82) is 0 Å². The Hall–Kier alpha value is -1.66. The minimum absolute atomic E-state index is 0.168. The number of nitrogens with one attached hydrogen (secondary N) is 1. The van der Waals surface area contributed by atoms with E-state index in [2.05, 4.69) is 36.1 Å². The van der Waals surface area contributed by atoms with Crippen LogP contribution in [0.3, 0.4) is 0 Å². The van der Waals surface area contributed by atoms with Gasteiger partial charge < -0.3 is 19.7 Å². The van der Waals surface area contributed by atoms with Gasteiger partial charge in [-0.2, -0.15) is 0 Å². The van der Waals surface area contributed by atoms with Gasteiger partial charge in [-0.25, -0.2) is 4.98 Å². The van der Waals surface area contributed by atoms with Crippen LogP contribution in [0, 0.1) is 0 Å². The number of hydrogen-bond acceptors (Lipinski definition) is 5. The van der Waals surface area contributed by atoms with Gasteiger partial charge in [0.25, 0.3) is 5.91 Å². The van der Waals surface area contributed by atoms with E-state index in [-0.39, 0.29) is 5.91 Å². The van der Waals surface area contributed by atoms with Gasteiger partial charge in [-0.1, -0.05) is 6.92 Å².